The molecule has 2 rings (SSSR count). The van der Waals surface area contributed by atoms with E-state index in [-0.39, 0.29) is 0 Å². The van der Waals surface area contributed by atoms with E-state index in [9.17, 15) is 0 Å². The van der Waals surface area contributed by atoms with Gasteiger partial charge in [0.2, 0.25) is 0 Å². The highest BCUT2D eigenvalue weighted by molar-refractivity contribution is 6.33. The van der Waals surface area contributed by atoms with Crippen LogP contribution < -0.4 is 5.32 Å². The van der Waals surface area contributed by atoms with Gasteiger partial charge in [-0.25, -0.2) is 0 Å². The van der Waals surface area contributed by atoms with Crippen molar-refractivity contribution in [2.24, 2.45) is 11.8 Å². The first-order valence-corrected chi connectivity index (χ1v) is 8.50. The predicted molar refractivity (Wildman–Crippen MR) is 88.8 cm³/mol. The summed E-state index contributed by atoms with van der Waals surface area (Å²) in [7, 11) is 2.07. The molecule has 0 bridgehead atoms. The Labute approximate surface area is 133 Å². The molecule has 3 atom stereocenters. The first-order chi connectivity index (χ1) is 9.63. The molecule has 1 aromatic carbocycles. The van der Waals surface area contributed by atoms with Crippen LogP contribution in [0.15, 0.2) is 18.2 Å². The first-order valence-electron chi connectivity index (χ1n) is 7.75. The van der Waals surface area contributed by atoms with E-state index in [0.717, 1.165) is 33.9 Å². The predicted octanol–water partition coefficient (Wildman–Crippen LogP) is 5.34. The van der Waals surface area contributed by atoms with Crippen molar-refractivity contribution in [3.63, 3.8) is 0 Å². The fourth-order valence-electron chi connectivity index (χ4n) is 3.51. The Hall–Kier alpha value is -0.240. The number of halogens is 2. The third-order valence-corrected chi connectivity index (χ3v) is 5.39. The molecule has 3 unspecified atom stereocenters. The van der Waals surface area contributed by atoms with E-state index in [2.05, 4.69) is 19.3 Å². The van der Waals surface area contributed by atoms with Crippen molar-refractivity contribution in [3.8, 4) is 0 Å². The Balaban J connectivity index is 2.06. The van der Waals surface area contributed by atoms with Crippen LogP contribution in [0, 0.1) is 11.8 Å². The van der Waals surface area contributed by atoms with Crippen molar-refractivity contribution in [1.29, 1.82) is 0 Å². The molecule has 1 aliphatic carbocycles. The zero-order valence-corrected chi connectivity index (χ0v) is 14.0. The smallest absolute Gasteiger partial charge is 0.0439 e. The Kier molecular flexibility index (Phi) is 6.20. The number of benzene rings is 1. The molecule has 1 nitrogen and oxygen atoms in total. The number of hydrogen-bond donors (Lipinski definition) is 1. The van der Waals surface area contributed by atoms with Crippen molar-refractivity contribution >= 4 is 23.2 Å². The lowest BCUT2D eigenvalue weighted by atomic mass is 9.75. The normalized spacial score (nSPS) is 24.6. The SMILES string of the molecule is CCC1CCCC(C(Cc2cc(Cl)ccc2Cl)NC)C1. The lowest BCUT2D eigenvalue weighted by Gasteiger charge is -2.34. The monoisotopic (exact) mass is 313 g/mol. The lowest BCUT2D eigenvalue weighted by Crippen LogP contribution is -2.38. The van der Waals surface area contributed by atoms with Gasteiger partial charge in [-0.3, -0.25) is 0 Å². The molecule has 0 heterocycles. The molecule has 1 N–H and O–H groups in total. The van der Waals surface area contributed by atoms with Gasteiger partial charge in [-0.15, -0.1) is 0 Å². The second-order valence-corrected chi connectivity index (χ2v) is 6.88. The zero-order chi connectivity index (χ0) is 14.5. The number of likely N-dealkylation sites (N-methyl/N-ethyl adjacent to an activating group) is 1. The topological polar surface area (TPSA) is 12.0 Å². The highest BCUT2D eigenvalue weighted by atomic mass is 35.5. The molecule has 1 aliphatic rings. The van der Waals surface area contributed by atoms with Gasteiger partial charge in [0, 0.05) is 16.1 Å². The molecular weight excluding hydrogens is 289 g/mol. The van der Waals surface area contributed by atoms with Crippen LogP contribution in [0.5, 0.6) is 0 Å². The summed E-state index contributed by atoms with van der Waals surface area (Å²) in [6, 6.07) is 6.27. The van der Waals surface area contributed by atoms with Gasteiger partial charge in [-0.05, 0) is 61.9 Å². The summed E-state index contributed by atoms with van der Waals surface area (Å²) in [4.78, 5) is 0. The van der Waals surface area contributed by atoms with Gasteiger partial charge >= 0.3 is 0 Å². The quantitative estimate of drug-likeness (QED) is 0.773. The molecule has 0 aliphatic heterocycles. The molecule has 112 valence electrons. The molecule has 0 amide bonds. The Bertz CT molecular complexity index is 433. The molecule has 0 aromatic heterocycles. The minimum Gasteiger partial charge on any atom is -0.316 e. The Morgan fingerprint density at radius 3 is 2.80 bits per heavy atom. The third kappa shape index (κ3) is 4.13. The molecular formula is C17H25Cl2N. The summed E-state index contributed by atoms with van der Waals surface area (Å²) in [5.41, 5.74) is 1.16. The highest BCUT2D eigenvalue weighted by Gasteiger charge is 2.27. The molecule has 20 heavy (non-hydrogen) atoms. The van der Waals surface area contributed by atoms with Crippen LogP contribution >= 0.6 is 23.2 Å². The zero-order valence-electron chi connectivity index (χ0n) is 12.5. The van der Waals surface area contributed by atoms with E-state index in [1.54, 1.807) is 0 Å². The maximum absolute atomic E-state index is 6.31. The fourth-order valence-corrected chi connectivity index (χ4v) is 3.90. The van der Waals surface area contributed by atoms with E-state index < -0.39 is 0 Å². The van der Waals surface area contributed by atoms with Crippen molar-refractivity contribution < 1.29 is 0 Å². The third-order valence-electron chi connectivity index (χ3n) is 4.79. The minimum absolute atomic E-state index is 0.500. The fraction of sp³-hybridized carbons (Fsp3) is 0.647. The lowest BCUT2D eigenvalue weighted by molar-refractivity contribution is 0.212. The van der Waals surface area contributed by atoms with E-state index in [0.29, 0.717) is 6.04 Å². The van der Waals surface area contributed by atoms with Gasteiger partial charge < -0.3 is 5.32 Å². The van der Waals surface area contributed by atoms with Gasteiger partial charge in [-0.1, -0.05) is 49.4 Å². The van der Waals surface area contributed by atoms with Crippen LogP contribution in [-0.4, -0.2) is 13.1 Å². The van der Waals surface area contributed by atoms with Crippen molar-refractivity contribution in [1.82, 2.24) is 5.32 Å². The van der Waals surface area contributed by atoms with Gasteiger partial charge in [-0.2, -0.15) is 0 Å². The highest BCUT2D eigenvalue weighted by Crippen LogP contribution is 2.34. The minimum atomic E-state index is 0.500. The number of rotatable bonds is 5. The first kappa shape index (κ1) is 16.1. The van der Waals surface area contributed by atoms with Gasteiger partial charge in [0.25, 0.3) is 0 Å². The van der Waals surface area contributed by atoms with Crippen LogP contribution in [-0.2, 0) is 6.42 Å². The van der Waals surface area contributed by atoms with Crippen LogP contribution in [0.2, 0.25) is 10.0 Å². The van der Waals surface area contributed by atoms with Crippen LogP contribution in [0.3, 0.4) is 0 Å². The summed E-state index contributed by atoms with van der Waals surface area (Å²) in [5, 5.41) is 5.11. The summed E-state index contributed by atoms with van der Waals surface area (Å²) in [5.74, 6) is 1.66. The van der Waals surface area contributed by atoms with Gasteiger partial charge in [0.05, 0.1) is 0 Å². The maximum Gasteiger partial charge on any atom is 0.0439 e. The van der Waals surface area contributed by atoms with Crippen molar-refractivity contribution in [3.05, 3.63) is 33.8 Å². The number of hydrogen-bond acceptors (Lipinski definition) is 1. The summed E-state index contributed by atoms with van der Waals surface area (Å²) < 4.78 is 0. The van der Waals surface area contributed by atoms with E-state index in [1.165, 1.54) is 32.1 Å². The Morgan fingerprint density at radius 1 is 1.30 bits per heavy atom. The van der Waals surface area contributed by atoms with E-state index >= 15 is 0 Å². The average molecular weight is 314 g/mol. The van der Waals surface area contributed by atoms with E-state index in [4.69, 9.17) is 23.2 Å². The Morgan fingerprint density at radius 2 is 2.10 bits per heavy atom. The summed E-state index contributed by atoms with van der Waals surface area (Å²) >= 11 is 12.4. The molecule has 1 saturated carbocycles. The van der Waals surface area contributed by atoms with Crippen molar-refractivity contribution in [2.75, 3.05) is 7.05 Å². The summed E-state index contributed by atoms with van der Waals surface area (Å²) in [6.45, 7) is 2.31. The second-order valence-electron chi connectivity index (χ2n) is 6.04. The molecule has 0 spiro atoms. The van der Waals surface area contributed by atoms with Crippen LogP contribution in [0.25, 0.3) is 0 Å². The molecule has 0 radical (unpaired) electrons. The second kappa shape index (κ2) is 7.68. The molecule has 0 saturated heterocycles. The average Bonchev–Trinajstić information content (AvgIpc) is 2.48. The van der Waals surface area contributed by atoms with Gasteiger partial charge in [0.1, 0.15) is 0 Å². The van der Waals surface area contributed by atoms with Crippen molar-refractivity contribution in [2.45, 2.75) is 51.5 Å². The van der Waals surface area contributed by atoms with Crippen LogP contribution in [0.4, 0.5) is 0 Å². The number of nitrogens with one attached hydrogen (secondary N) is 1. The van der Waals surface area contributed by atoms with Crippen LogP contribution in [0.1, 0.15) is 44.6 Å². The molecule has 3 heteroatoms. The van der Waals surface area contributed by atoms with Gasteiger partial charge in [0.15, 0.2) is 0 Å². The standard InChI is InChI=1S/C17H25Cl2N/c1-3-12-5-4-6-13(9-12)17(20-2)11-14-10-15(18)7-8-16(14)19/h7-8,10,12-13,17,20H,3-6,9,11H2,1-2H3. The summed E-state index contributed by atoms with van der Waals surface area (Å²) in [6.07, 6.45) is 7.73. The largest absolute Gasteiger partial charge is 0.316 e. The molecule has 1 aromatic rings. The molecule has 1 fully saturated rings. The maximum atomic E-state index is 6.31. The van der Waals surface area contributed by atoms with E-state index in [1.807, 2.05) is 18.2 Å².